The van der Waals surface area contributed by atoms with Crippen LogP contribution in [0.2, 0.25) is 0 Å². The van der Waals surface area contributed by atoms with Gasteiger partial charge in [-0.1, -0.05) is 47.5 Å². The zero-order valence-electron chi connectivity index (χ0n) is 21.9. The summed E-state index contributed by atoms with van der Waals surface area (Å²) in [6.07, 6.45) is 2.56. The molecule has 2 unspecified atom stereocenters. The van der Waals surface area contributed by atoms with Crippen molar-refractivity contribution in [3.8, 4) is 0 Å². The predicted octanol–water partition coefficient (Wildman–Crippen LogP) is 2.71. The van der Waals surface area contributed by atoms with Crippen LogP contribution in [0.4, 0.5) is 0 Å². The van der Waals surface area contributed by atoms with E-state index in [-0.39, 0.29) is 54.0 Å². The molecule has 0 aromatic heterocycles. The van der Waals surface area contributed by atoms with Gasteiger partial charge in [-0.05, 0) is 78.9 Å². The highest BCUT2D eigenvalue weighted by Gasteiger charge is 2.70. The Morgan fingerprint density at radius 1 is 0.882 bits per heavy atom. The summed E-state index contributed by atoms with van der Waals surface area (Å²) in [6.45, 7) is 11.0. The summed E-state index contributed by atoms with van der Waals surface area (Å²) >= 11 is 0. The van der Waals surface area contributed by atoms with E-state index >= 15 is 0 Å². The zero-order valence-corrected chi connectivity index (χ0v) is 21.9. The first-order valence-electron chi connectivity index (χ1n) is 13.9. The summed E-state index contributed by atoms with van der Waals surface area (Å²) in [5, 5.41) is 65.4. The Bertz CT molecular complexity index is 732. The van der Waals surface area contributed by atoms with E-state index in [9.17, 15) is 30.6 Å². The van der Waals surface area contributed by atoms with Gasteiger partial charge >= 0.3 is 0 Å². The second-order valence-electron chi connectivity index (χ2n) is 13.5. The molecule has 0 saturated heterocycles. The summed E-state index contributed by atoms with van der Waals surface area (Å²) < 4.78 is 0. The van der Waals surface area contributed by atoms with Crippen LogP contribution in [-0.4, -0.2) is 67.3 Å². The van der Waals surface area contributed by atoms with Crippen LogP contribution in [0.1, 0.15) is 86.0 Å². The summed E-state index contributed by atoms with van der Waals surface area (Å²) in [5.41, 5.74) is -2.01. The molecule has 0 amide bonds. The van der Waals surface area contributed by atoms with Gasteiger partial charge in [0.05, 0.1) is 30.0 Å². The van der Waals surface area contributed by atoms with Crippen molar-refractivity contribution in [2.24, 2.45) is 52.3 Å². The third kappa shape index (κ3) is 3.81. The maximum atomic E-state index is 11.6. The third-order valence-electron chi connectivity index (χ3n) is 11.9. The van der Waals surface area contributed by atoms with Gasteiger partial charge in [0.1, 0.15) is 0 Å². The van der Waals surface area contributed by atoms with E-state index in [0.29, 0.717) is 25.2 Å². The maximum Gasteiger partial charge on any atom is 0.0985 e. The SMILES string of the molecule is C[C@H](CC[C@H](C)[C@@H](C)CO)[C@H]1[C@@H](O)[C@H](O)[C@H]2C3C[C@@H](O)[C@@]4(O)C[C@@H](O)CC[C@]4(C)C3CC[C@]12C. The molecule has 4 rings (SSSR count). The Morgan fingerprint density at radius 3 is 2.21 bits per heavy atom. The minimum absolute atomic E-state index is 0.0102. The fourth-order valence-electron chi connectivity index (χ4n) is 9.55. The van der Waals surface area contributed by atoms with Crippen LogP contribution in [0.25, 0.3) is 0 Å². The number of fused-ring (bicyclic) bond motifs is 5. The summed E-state index contributed by atoms with van der Waals surface area (Å²) in [4.78, 5) is 0. The van der Waals surface area contributed by atoms with Crippen molar-refractivity contribution in [2.75, 3.05) is 6.61 Å². The van der Waals surface area contributed by atoms with Crippen LogP contribution in [0, 0.1) is 52.3 Å². The average molecular weight is 483 g/mol. The molecule has 0 aliphatic heterocycles. The van der Waals surface area contributed by atoms with Crippen LogP contribution < -0.4 is 0 Å². The number of hydrogen-bond donors (Lipinski definition) is 6. The molecule has 0 heterocycles. The molecule has 198 valence electrons. The van der Waals surface area contributed by atoms with Crippen molar-refractivity contribution in [2.45, 2.75) is 116 Å². The molecule has 0 aromatic carbocycles. The zero-order chi connectivity index (χ0) is 25.2. The fraction of sp³-hybridized carbons (Fsp3) is 1.00. The molecule has 14 atom stereocenters. The van der Waals surface area contributed by atoms with Gasteiger partial charge in [0.2, 0.25) is 0 Å². The van der Waals surface area contributed by atoms with Crippen molar-refractivity contribution in [1.82, 2.24) is 0 Å². The van der Waals surface area contributed by atoms with Crippen LogP contribution >= 0.6 is 0 Å². The normalized spacial score (nSPS) is 53.4. The lowest BCUT2D eigenvalue weighted by Crippen LogP contribution is -2.69. The van der Waals surface area contributed by atoms with Gasteiger partial charge in [-0.15, -0.1) is 0 Å². The molecular weight excluding hydrogens is 432 g/mol. The molecule has 0 aromatic rings. The molecule has 6 heteroatoms. The summed E-state index contributed by atoms with van der Waals surface area (Å²) in [6, 6.07) is 0. The summed E-state index contributed by atoms with van der Waals surface area (Å²) in [7, 11) is 0. The van der Waals surface area contributed by atoms with Gasteiger partial charge in [-0.2, -0.15) is 0 Å². The van der Waals surface area contributed by atoms with Crippen molar-refractivity contribution >= 4 is 0 Å². The van der Waals surface area contributed by atoms with Gasteiger partial charge in [-0.25, -0.2) is 0 Å². The first kappa shape index (κ1) is 26.8. The van der Waals surface area contributed by atoms with Crippen LogP contribution in [0.5, 0.6) is 0 Å². The van der Waals surface area contributed by atoms with E-state index < -0.39 is 35.4 Å². The Hall–Kier alpha value is -0.240. The lowest BCUT2D eigenvalue weighted by Gasteiger charge is -2.65. The van der Waals surface area contributed by atoms with E-state index in [1.807, 2.05) is 0 Å². The van der Waals surface area contributed by atoms with E-state index in [1.165, 1.54) is 0 Å². The Balaban J connectivity index is 1.59. The highest BCUT2D eigenvalue weighted by molar-refractivity contribution is 5.19. The van der Waals surface area contributed by atoms with Crippen molar-refractivity contribution in [3.63, 3.8) is 0 Å². The molecular formula is C28H50O6. The Labute approximate surface area is 205 Å². The first-order chi connectivity index (χ1) is 15.8. The van der Waals surface area contributed by atoms with Gasteiger partial charge < -0.3 is 30.6 Å². The lowest BCUT2D eigenvalue weighted by molar-refractivity contribution is -0.268. The second-order valence-corrected chi connectivity index (χ2v) is 13.5. The standard InChI is InChI=1S/C28H50O6/c1-15(17(3)14-29)6-7-16(2)22-24(32)25(33)23-19-12-21(31)28(34)13-18(30)8-11-27(28,5)20(19)9-10-26(22,23)4/h15-25,29-34H,6-14H2,1-5H3/t15-,16+,17-,18-,19?,20?,21+,22-,23+,24+,25+,26+,27+,28-/m0/s1. The van der Waals surface area contributed by atoms with Crippen molar-refractivity contribution < 1.29 is 30.6 Å². The van der Waals surface area contributed by atoms with E-state index in [4.69, 9.17) is 0 Å². The quantitative estimate of drug-likeness (QED) is 0.346. The van der Waals surface area contributed by atoms with E-state index in [2.05, 4.69) is 34.6 Å². The smallest absolute Gasteiger partial charge is 0.0985 e. The third-order valence-corrected chi connectivity index (χ3v) is 11.9. The molecule has 0 bridgehead atoms. The van der Waals surface area contributed by atoms with Crippen LogP contribution in [-0.2, 0) is 0 Å². The van der Waals surface area contributed by atoms with Crippen molar-refractivity contribution in [3.05, 3.63) is 0 Å². The molecule has 4 saturated carbocycles. The maximum absolute atomic E-state index is 11.6. The Kier molecular flexibility index (Phi) is 7.30. The lowest BCUT2D eigenvalue weighted by atomic mass is 9.42. The summed E-state index contributed by atoms with van der Waals surface area (Å²) in [5.74, 6) is 0.993. The monoisotopic (exact) mass is 482 g/mol. The van der Waals surface area contributed by atoms with Gasteiger partial charge in [0.25, 0.3) is 0 Å². The molecule has 4 aliphatic rings. The molecule has 4 aliphatic carbocycles. The number of rotatable bonds is 6. The molecule has 0 spiro atoms. The number of aliphatic hydroxyl groups is 6. The largest absolute Gasteiger partial charge is 0.396 e. The number of aliphatic hydroxyl groups excluding tert-OH is 5. The minimum atomic E-state index is -1.30. The Morgan fingerprint density at radius 2 is 1.56 bits per heavy atom. The highest BCUT2D eigenvalue weighted by Crippen LogP contribution is 2.69. The molecule has 0 radical (unpaired) electrons. The topological polar surface area (TPSA) is 121 Å². The van der Waals surface area contributed by atoms with Crippen molar-refractivity contribution in [1.29, 1.82) is 0 Å². The predicted molar refractivity (Wildman–Crippen MR) is 131 cm³/mol. The minimum Gasteiger partial charge on any atom is -0.396 e. The average Bonchev–Trinajstić information content (AvgIpc) is 2.98. The van der Waals surface area contributed by atoms with Crippen LogP contribution in [0.3, 0.4) is 0 Å². The van der Waals surface area contributed by atoms with E-state index in [1.54, 1.807) is 0 Å². The highest BCUT2D eigenvalue weighted by atomic mass is 16.3. The van der Waals surface area contributed by atoms with Crippen LogP contribution in [0.15, 0.2) is 0 Å². The fourth-order valence-corrected chi connectivity index (χ4v) is 9.55. The van der Waals surface area contributed by atoms with Gasteiger partial charge in [-0.3, -0.25) is 0 Å². The second kappa shape index (κ2) is 9.25. The van der Waals surface area contributed by atoms with E-state index in [0.717, 1.165) is 25.7 Å². The molecule has 6 nitrogen and oxygen atoms in total. The van der Waals surface area contributed by atoms with Gasteiger partial charge in [0.15, 0.2) is 0 Å². The first-order valence-corrected chi connectivity index (χ1v) is 13.9. The molecule has 4 fully saturated rings. The molecule has 34 heavy (non-hydrogen) atoms. The van der Waals surface area contributed by atoms with Gasteiger partial charge in [0, 0.05) is 18.4 Å². The number of hydrogen-bond acceptors (Lipinski definition) is 6. The molecule has 6 N–H and O–H groups in total.